The zero-order valence-electron chi connectivity index (χ0n) is 9.29. The number of hydrogen-bond donors (Lipinski definition) is 2. The molecule has 0 aliphatic rings. The minimum absolute atomic E-state index is 0.0548. The average Bonchev–Trinajstić information content (AvgIpc) is 2.29. The van der Waals surface area contributed by atoms with Crippen LogP contribution in [0, 0.1) is 5.92 Å². The minimum Gasteiger partial charge on any atom is -0.326 e. The molecular weight excluding hydrogens is 188 g/mol. The van der Waals surface area contributed by atoms with Crippen LogP contribution in [0.15, 0.2) is 24.3 Å². The van der Waals surface area contributed by atoms with Crippen LogP contribution in [0.1, 0.15) is 25.8 Å². The zero-order chi connectivity index (χ0) is 11.3. The molecule has 0 saturated carbocycles. The van der Waals surface area contributed by atoms with Gasteiger partial charge >= 0.3 is 0 Å². The van der Waals surface area contributed by atoms with Crippen molar-refractivity contribution in [3.8, 4) is 0 Å². The Morgan fingerprint density at radius 2 is 2.00 bits per heavy atom. The molecule has 0 saturated heterocycles. The van der Waals surface area contributed by atoms with Crippen LogP contribution >= 0.6 is 0 Å². The summed E-state index contributed by atoms with van der Waals surface area (Å²) in [6.45, 7) is 4.45. The van der Waals surface area contributed by atoms with Crippen LogP contribution in [-0.2, 0) is 11.3 Å². The molecule has 1 amide bonds. The van der Waals surface area contributed by atoms with Crippen molar-refractivity contribution in [3.63, 3.8) is 0 Å². The van der Waals surface area contributed by atoms with Crippen LogP contribution in [0.3, 0.4) is 0 Å². The van der Waals surface area contributed by atoms with E-state index in [0.717, 1.165) is 17.7 Å². The Morgan fingerprint density at radius 3 is 2.47 bits per heavy atom. The number of benzene rings is 1. The molecule has 15 heavy (non-hydrogen) atoms. The van der Waals surface area contributed by atoms with Crippen molar-refractivity contribution < 1.29 is 4.79 Å². The standard InChI is InChI=1S/C12H18N2O/c1-3-9(2)12(15)14-11-6-4-10(8-13)5-7-11/h4-7,9H,3,8,13H2,1-2H3,(H,14,15). The molecule has 0 aliphatic carbocycles. The molecule has 1 atom stereocenters. The highest BCUT2D eigenvalue weighted by atomic mass is 16.1. The second-order valence-electron chi connectivity index (χ2n) is 3.70. The van der Waals surface area contributed by atoms with Gasteiger partial charge in [0.1, 0.15) is 0 Å². The van der Waals surface area contributed by atoms with Gasteiger partial charge in [0, 0.05) is 18.2 Å². The summed E-state index contributed by atoms with van der Waals surface area (Å²) in [7, 11) is 0. The van der Waals surface area contributed by atoms with E-state index in [-0.39, 0.29) is 11.8 Å². The van der Waals surface area contributed by atoms with Crippen molar-refractivity contribution >= 4 is 11.6 Å². The van der Waals surface area contributed by atoms with Gasteiger partial charge in [0.15, 0.2) is 0 Å². The van der Waals surface area contributed by atoms with Gasteiger partial charge in [0.2, 0.25) is 5.91 Å². The van der Waals surface area contributed by atoms with Crippen molar-refractivity contribution in [2.45, 2.75) is 26.8 Å². The predicted molar refractivity (Wildman–Crippen MR) is 62.4 cm³/mol. The molecule has 0 aliphatic heterocycles. The number of anilines is 1. The topological polar surface area (TPSA) is 55.1 Å². The second kappa shape index (κ2) is 5.51. The van der Waals surface area contributed by atoms with E-state index in [4.69, 9.17) is 5.73 Å². The first-order chi connectivity index (χ1) is 7.17. The van der Waals surface area contributed by atoms with E-state index in [1.54, 1.807) is 0 Å². The Labute approximate surface area is 90.7 Å². The van der Waals surface area contributed by atoms with E-state index in [2.05, 4.69) is 5.32 Å². The summed E-state index contributed by atoms with van der Waals surface area (Å²) < 4.78 is 0. The van der Waals surface area contributed by atoms with Crippen LogP contribution in [0.25, 0.3) is 0 Å². The number of nitrogens with two attached hydrogens (primary N) is 1. The predicted octanol–water partition coefficient (Wildman–Crippen LogP) is 2.13. The first kappa shape index (κ1) is 11.7. The molecule has 1 aromatic rings. The highest BCUT2D eigenvalue weighted by Gasteiger charge is 2.09. The van der Waals surface area contributed by atoms with Gasteiger partial charge in [-0.05, 0) is 24.1 Å². The molecule has 82 valence electrons. The maximum Gasteiger partial charge on any atom is 0.227 e. The van der Waals surface area contributed by atoms with E-state index in [1.807, 2.05) is 38.1 Å². The molecular formula is C12H18N2O. The van der Waals surface area contributed by atoms with Crippen LogP contribution in [0.2, 0.25) is 0 Å². The molecule has 3 heteroatoms. The minimum atomic E-state index is 0.0548. The normalized spacial score (nSPS) is 12.2. The number of carbonyl (C=O) groups is 1. The molecule has 1 unspecified atom stereocenters. The van der Waals surface area contributed by atoms with Gasteiger partial charge in [-0.2, -0.15) is 0 Å². The Morgan fingerprint density at radius 1 is 1.40 bits per heavy atom. The summed E-state index contributed by atoms with van der Waals surface area (Å²) in [4.78, 5) is 11.6. The monoisotopic (exact) mass is 206 g/mol. The summed E-state index contributed by atoms with van der Waals surface area (Å²) in [5.74, 6) is 0.122. The van der Waals surface area contributed by atoms with E-state index in [1.165, 1.54) is 0 Å². The third kappa shape index (κ3) is 3.36. The lowest BCUT2D eigenvalue weighted by Gasteiger charge is -2.10. The molecule has 0 spiro atoms. The summed E-state index contributed by atoms with van der Waals surface area (Å²) in [5, 5.41) is 2.86. The summed E-state index contributed by atoms with van der Waals surface area (Å²) in [5.41, 5.74) is 7.38. The molecule has 1 aromatic carbocycles. The first-order valence-electron chi connectivity index (χ1n) is 5.27. The summed E-state index contributed by atoms with van der Waals surface area (Å²) in [6, 6.07) is 7.60. The van der Waals surface area contributed by atoms with Crippen LogP contribution < -0.4 is 11.1 Å². The van der Waals surface area contributed by atoms with Crippen molar-refractivity contribution in [2.24, 2.45) is 11.7 Å². The molecule has 3 N–H and O–H groups in total. The fourth-order valence-corrected chi connectivity index (χ4v) is 1.18. The number of hydrogen-bond acceptors (Lipinski definition) is 2. The van der Waals surface area contributed by atoms with Crippen molar-refractivity contribution in [3.05, 3.63) is 29.8 Å². The van der Waals surface area contributed by atoms with Crippen LogP contribution in [-0.4, -0.2) is 5.91 Å². The Bertz CT molecular complexity index is 319. The lowest BCUT2D eigenvalue weighted by Crippen LogP contribution is -2.19. The maximum absolute atomic E-state index is 11.6. The van der Waals surface area contributed by atoms with Gasteiger partial charge in [-0.1, -0.05) is 26.0 Å². The molecule has 0 fully saturated rings. The van der Waals surface area contributed by atoms with Gasteiger partial charge in [0.05, 0.1) is 0 Å². The molecule has 0 heterocycles. The first-order valence-corrected chi connectivity index (χ1v) is 5.27. The quantitative estimate of drug-likeness (QED) is 0.793. The van der Waals surface area contributed by atoms with E-state index >= 15 is 0 Å². The smallest absolute Gasteiger partial charge is 0.227 e. The van der Waals surface area contributed by atoms with E-state index in [0.29, 0.717) is 6.54 Å². The van der Waals surface area contributed by atoms with Crippen molar-refractivity contribution in [1.29, 1.82) is 0 Å². The second-order valence-corrected chi connectivity index (χ2v) is 3.70. The summed E-state index contributed by atoms with van der Waals surface area (Å²) >= 11 is 0. The molecule has 0 aromatic heterocycles. The van der Waals surface area contributed by atoms with Crippen molar-refractivity contribution in [2.75, 3.05) is 5.32 Å². The van der Waals surface area contributed by atoms with E-state index in [9.17, 15) is 4.79 Å². The van der Waals surface area contributed by atoms with Crippen LogP contribution in [0.4, 0.5) is 5.69 Å². The number of nitrogens with one attached hydrogen (secondary N) is 1. The molecule has 1 rings (SSSR count). The Kier molecular flexibility index (Phi) is 4.31. The lowest BCUT2D eigenvalue weighted by molar-refractivity contribution is -0.119. The highest BCUT2D eigenvalue weighted by Crippen LogP contribution is 2.11. The van der Waals surface area contributed by atoms with E-state index < -0.39 is 0 Å². The number of rotatable bonds is 4. The van der Waals surface area contributed by atoms with Crippen molar-refractivity contribution in [1.82, 2.24) is 0 Å². The third-order valence-electron chi connectivity index (χ3n) is 2.52. The van der Waals surface area contributed by atoms with Gasteiger partial charge in [-0.25, -0.2) is 0 Å². The lowest BCUT2D eigenvalue weighted by atomic mass is 10.1. The highest BCUT2D eigenvalue weighted by molar-refractivity contribution is 5.92. The Hall–Kier alpha value is -1.35. The van der Waals surface area contributed by atoms with Crippen LogP contribution in [0.5, 0.6) is 0 Å². The SMILES string of the molecule is CCC(C)C(=O)Nc1ccc(CN)cc1. The number of carbonyl (C=O) groups excluding carboxylic acids is 1. The fourth-order valence-electron chi connectivity index (χ4n) is 1.18. The molecule has 3 nitrogen and oxygen atoms in total. The third-order valence-corrected chi connectivity index (χ3v) is 2.52. The molecule has 0 radical (unpaired) electrons. The molecule has 0 bridgehead atoms. The largest absolute Gasteiger partial charge is 0.326 e. The Balaban J connectivity index is 2.61. The average molecular weight is 206 g/mol. The zero-order valence-corrected chi connectivity index (χ0v) is 9.29. The summed E-state index contributed by atoms with van der Waals surface area (Å²) in [6.07, 6.45) is 0.854. The van der Waals surface area contributed by atoms with Gasteiger partial charge < -0.3 is 11.1 Å². The maximum atomic E-state index is 11.6. The van der Waals surface area contributed by atoms with Gasteiger partial charge in [-0.15, -0.1) is 0 Å². The number of amides is 1. The van der Waals surface area contributed by atoms with Gasteiger partial charge in [0.25, 0.3) is 0 Å². The van der Waals surface area contributed by atoms with Gasteiger partial charge in [-0.3, -0.25) is 4.79 Å². The fraction of sp³-hybridized carbons (Fsp3) is 0.417.